The van der Waals surface area contributed by atoms with Crippen LogP contribution in [0, 0.1) is 5.92 Å². The van der Waals surface area contributed by atoms with E-state index in [1.807, 2.05) is 12.1 Å². The molecule has 2 rings (SSSR count). The molecular weight excluding hydrogens is 276 g/mol. The molecule has 0 bridgehead atoms. The van der Waals surface area contributed by atoms with Gasteiger partial charge in [-0.2, -0.15) is 0 Å². The largest absolute Gasteiger partial charge is 0.354 e. The Balaban J connectivity index is 0.00000200. The highest BCUT2D eigenvalue weighted by Crippen LogP contribution is 2.31. The van der Waals surface area contributed by atoms with Crippen molar-refractivity contribution in [2.45, 2.75) is 32.2 Å². The van der Waals surface area contributed by atoms with E-state index in [0.29, 0.717) is 24.4 Å². The maximum absolute atomic E-state index is 11.7. The van der Waals surface area contributed by atoms with E-state index in [1.54, 1.807) is 12.1 Å². The summed E-state index contributed by atoms with van der Waals surface area (Å²) >= 11 is 0. The number of carbonyl (C=O) groups is 2. The summed E-state index contributed by atoms with van der Waals surface area (Å²) < 4.78 is 0. The highest BCUT2D eigenvalue weighted by atomic mass is 35.5. The van der Waals surface area contributed by atoms with Crippen molar-refractivity contribution in [1.82, 2.24) is 5.32 Å². The standard InChI is InChI=1S/C15H20N2O2.ClH/c1-10(18)12-4-2-11(3-5-12)8-15(19)17-9-14(16)13-6-7-13;/h2-5,13-14H,6-9,16H2,1H3,(H,17,19);1H. The molecule has 0 spiro atoms. The molecule has 110 valence electrons. The van der Waals surface area contributed by atoms with Crippen LogP contribution in [-0.4, -0.2) is 24.3 Å². The minimum atomic E-state index is -0.0216. The van der Waals surface area contributed by atoms with Crippen LogP contribution in [0.3, 0.4) is 0 Å². The van der Waals surface area contributed by atoms with Crippen molar-refractivity contribution in [2.24, 2.45) is 11.7 Å². The summed E-state index contributed by atoms with van der Waals surface area (Å²) in [6.07, 6.45) is 2.70. The molecule has 0 aliphatic heterocycles. The Labute approximate surface area is 125 Å². The Morgan fingerprint density at radius 1 is 1.30 bits per heavy atom. The third kappa shape index (κ3) is 4.94. The first kappa shape index (κ1) is 16.7. The number of Topliss-reactive ketones (excluding diaryl/α,β-unsaturated/α-hetero) is 1. The molecule has 0 radical (unpaired) electrons. The Morgan fingerprint density at radius 2 is 1.90 bits per heavy atom. The molecule has 20 heavy (non-hydrogen) atoms. The fraction of sp³-hybridized carbons (Fsp3) is 0.467. The summed E-state index contributed by atoms with van der Waals surface area (Å²) in [4.78, 5) is 22.9. The van der Waals surface area contributed by atoms with E-state index in [9.17, 15) is 9.59 Å². The summed E-state index contributed by atoms with van der Waals surface area (Å²) in [6.45, 7) is 2.08. The molecule has 3 N–H and O–H groups in total. The molecule has 1 saturated carbocycles. The van der Waals surface area contributed by atoms with Crippen molar-refractivity contribution in [2.75, 3.05) is 6.54 Å². The van der Waals surface area contributed by atoms with Crippen LogP contribution in [0.4, 0.5) is 0 Å². The average Bonchev–Trinajstić information content (AvgIpc) is 3.21. The van der Waals surface area contributed by atoms with Gasteiger partial charge in [0.15, 0.2) is 5.78 Å². The zero-order chi connectivity index (χ0) is 13.8. The Kier molecular flexibility index (Phi) is 6.17. The van der Waals surface area contributed by atoms with E-state index in [4.69, 9.17) is 5.73 Å². The molecule has 1 unspecified atom stereocenters. The van der Waals surface area contributed by atoms with Crippen molar-refractivity contribution in [3.8, 4) is 0 Å². The fourth-order valence-electron chi connectivity index (χ4n) is 2.03. The van der Waals surface area contributed by atoms with Crippen molar-refractivity contribution in [3.05, 3.63) is 35.4 Å². The van der Waals surface area contributed by atoms with E-state index in [1.165, 1.54) is 19.8 Å². The van der Waals surface area contributed by atoms with Gasteiger partial charge in [0.1, 0.15) is 0 Å². The van der Waals surface area contributed by atoms with Crippen LogP contribution in [0.15, 0.2) is 24.3 Å². The van der Waals surface area contributed by atoms with Gasteiger partial charge in [-0.25, -0.2) is 0 Å². The topological polar surface area (TPSA) is 72.2 Å². The Hall–Kier alpha value is -1.39. The summed E-state index contributed by atoms with van der Waals surface area (Å²) in [7, 11) is 0. The number of ketones is 1. The van der Waals surface area contributed by atoms with Gasteiger partial charge in [-0.3, -0.25) is 9.59 Å². The van der Waals surface area contributed by atoms with Crippen molar-refractivity contribution in [1.29, 1.82) is 0 Å². The summed E-state index contributed by atoms with van der Waals surface area (Å²) in [5.41, 5.74) is 7.49. The van der Waals surface area contributed by atoms with Crippen LogP contribution >= 0.6 is 12.4 Å². The molecule has 5 heteroatoms. The van der Waals surface area contributed by atoms with Gasteiger partial charge in [0.05, 0.1) is 6.42 Å². The molecule has 1 aromatic rings. The summed E-state index contributed by atoms with van der Waals surface area (Å²) in [6, 6.07) is 7.22. The molecule has 1 fully saturated rings. The number of halogens is 1. The lowest BCUT2D eigenvalue weighted by Crippen LogP contribution is -2.39. The Morgan fingerprint density at radius 3 is 2.40 bits per heavy atom. The normalized spacial score (nSPS) is 15.1. The molecule has 0 heterocycles. The molecule has 4 nitrogen and oxygen atoms in total. The number of hydrogen-bond donors (Lipinski definition) is 2. The van der Waals surface area contributed by atoms with E-state index < -0.39 is 0 Å². The quantitative estimate of drug-likeness (QED) is 0.785. The van der Waals surface area contributed by atoms with Crippen LogP contribution < -0.4 is 11.1 Å². The minimum Gasteiger partial charge on any atom is -0.354 e. The molecule has 1 aliphatic rings. The van der Waals surface area contributed by atoms with E-state index in [0.717, 1.165) is 5.56 Å². The second kappa shape index (κ2) is 7.41. The first-order chi connectivity index (χ1) is 9.06. The molecule has 0 aromatic heterocycles. The van der Waals surface area contributed by atoms with Gasteiger partial charge in [0.25, 0.3) is 0 Å². The second-order valence-electron chi connectivity index (χ2n) is 5.24. The van der Waals surface area contributed by atoms with Crippen LogP contribution in [-0.2, 0) is 11.2 Å². The number of benzene rings is 1. The monoisotopic (exact) mass is 296 g/mol. The first-order valence-corrected chi connectivity index (χ1v) is 6.68. The lowest BCUT2D eigenvalue weighted by Gasteiger charge is -2.11. The zero-order valence-corrected chi connectivity index (χ0v) is 12.4. The molecule has 1 atom stereocenters. The van der Waals surface area contributed by atoms with E-state index in [-0.39, 0.29) is 30.1 Å². The van der Waals surface area contributed by atoms with Gasteiger partial charge in [0.2, 0.25) is 5.91 Å². The maximum Gasteiger partial charge on any atom is 0.224 e. The number of rotatable bonds is 6. The molecule has 1 aromatic carbocycles. The first-order valence-electron chi connectivity index (χ1n) is 6.68. The Bertz CT molecular complexity index is 469. The van der Waals surface area contributed by atoms with Gasteiger partial charge in [-0.05, 0) is 31.2 Å². The van der Waals surface area contributed by atoms with Crippen molar-refractivity contribution in [3.63, 3.8) is 0 Å². The minimum absolute atomic E-state index is 0. The maximum atomic E-state index is 11.7. The van der Waals surface area contributed by atoms with Gasteiger partial charge < -0.3 is 11.1 Å². The summed E-state index contributed by atoms with van der Waals surface area (Å²) in [5, 5.41) is 2.86. The third-order valence-corrected chi connectivity index (χ3v) is 3.49. The lowest BCUT2D eigenvalue weighted by atomic mass is 10.1. The van der Waals surface area contributed by atoms with E-state index >= 15 is 0 Å². The molecule has 1 aliphatic carbocycles. The van der Waals surface area contributed by atoms with Crippen LogP contribution in [0.5, 0.6) is 0 Å². The molecule has 0 saturated heterocycles. The van der Waals surface area contributed by atoms with Crippen molar-refractivity contribution < 1.29 is 9.59 Å². The molecule has 1 amide bonds. The van der Waals surface area contributed by atoms with Gasteiger partial charge in [-0.15, -0.1) is 12.4 Å². The summed E-state index contributed by atoms with van der Waals surface area (Å²) in [5.74, 6) is 0.605. The van der Waals surface area contributed by atoms with Crippen LogP contribution in [0.1, 0.15) is 35.7 Å². The highest BCUT2D eigenvalue weighted by molar-refractivity contribution is 5.94. The van der Waals surface area contributed by atoms with Crippen LogP contribution in [0.2, 0.25) is 0 Å². The van der Waals surface area contributed by atoms with E-state index in [2.05, 4.69) is 5.32 Å². The smallest absolute Gasteiger partial charge is 0.224 e. The SMILES string of the molecule is CC(=O)c1ccc(CC(=O)NCC(N)C2CC2)cc1.Cl. The number of amides is 1. The molecular formula is C15H21ClN2O2. The fourth-order valence-corrected chi connectivity index (χ4v) is 2.03. The predicted octanol–water partition coefficient (Wildman–Crippen LogP) is 1.71. The van der Waals surface area contributed by atoms with Gasteiger partial charge in [0, 0.05) is 18.2 Å². The van der Waals surface area contributed by atoms with Crippen molar-refractivity contribution >= 4 is 24.1 Å². The predicted molar refractivity (Wildman–Crippen MR) is 81.1 cm³/mol. The number of nitrogens with one attached hydrogen (secondary N) is 1. The second-order valence-corrected chi connectivity index (χ2v) is 5.24. The number of hydrogen-bond acceptors (Lipinski definition) is 3. The zero-order valence-electron chi connectivity index (χ0n) is 11.6. The lowest BCUT2D eigenvalue weighted by molar-refractivity contribution is -0.120. The average molecular weight is 297 g/mol. The number of nitrogens with two attached hydrogens (primary N) is 1. The number of carbonyl (C=O) groups excluding carboxylic acids is 2. The van der Waals surface area contributed by atoms with Gasteiger partial charge >= 0.3 is 0 Å². The highest BCUT2D eigenvalue weighted by Gasteiger charge is 2.28. The van der Waals surface area contributed by atoms with Crippen LogP contribution in [0.25, 0.3) is 0 Å². The third-order valence-electron chi connectivity index (χ3n) is 3.49. The van der Waals surface area contributed by atoms with Gasteiger partial charge in [-0.1, -0.05) is 24.3 Å².